The minimum atomic E-state index is -0.345. The molecule has 0 saturated carbocycles. The van der Waals surface area contributed by atoms with Gasteiger partial charge < -0.3 is 15.5 Å². The van der Waals surface area contributed by atoms with E-state index in [4.69, 9.17) is 0 Å². The molecule has 0 aromatic heterocycles. The Morgan fingerprint density at radius 1 is 1.44 bits per heavy atom. The van der Waals surface area contributed by atoms with Crippen LogP contribution in [0.2, 0.25) is 0 Å². The summed E-state index contributed by atoms with van der Waals surface area (Å²) in [5.41, 5.74) is -0.327. The van der Waals surface area contributed by atoms with E-state index in [0.717, 1.165) is 19.5 Å². The minimum absolute atomic E-state index is 0.0422. The molecule has 0 aromatic carbocycles. The highest BCUT2D eigenvalue weighted by atomic mass is 16.2. The van der Waals surface area contributed by atoms with Crippen molar-refractivity contribution in [2.24, 2.45) is 11.3 Å². The predicted octanol–water partition coefficient (Wildman–Crippen LogP) is -0.0310. The smallest absolute Gasteiger partial charge is 0.242 e. The molecule has 0 spiro atoms. The quantitative estimate of drug-likeness (QED) is 0.726. The fourth-order valence-corrected chi connectivity index (χ4v) is 2.98. The number of carbonyl (C=O) groups excluding carboxylic acids is 2. The molecule has 2 atom stereocenters. The van der Waals surface area contributed by atoms with E-state index in [-0.39, 0.29) is 29.2 Å². The standard InChI is InChI=1S/C13H23N3O2/c1-9(2)13(4-5-14-8-13)12(18)16-7-6-15-11(17)10(16)3/h9-10,14H,4-8H2,1-3H3,(H,15,17). The zero-order valence-corrected chi connectivity index (χ0v) is 11.5. The van der Waals surface area contributed by atoms with Gasteiger partial charge in [0.1, 0.15) is 6.04 Å². The maximum Gasteiger partial charge on any atom is 0.242 e. The molecule has 0 radical (unpaired) electrons. The first-order valence-electron chi connectivity index (χ1n) is 6.78. The van der Waals surface area contributed by atoms with Crippen molar-refractivity contribution in [1.29, 1.82) is 0 Å². The summed E-state index contributed by atoms with van der Waals surface area (Å²) in [6.07, 6.45) is 0.869. The van der Waals surface area contributed by atoms with Gasteiger partial charge in [0.05, 0.1) is 5.41 Å². The van der Waals surface area contributed by atoms with Gasteiger partial charge in [-0.05, 0) is 25.8 Å². The molecule has 2 heterocycles. The van der Waals surface area contributed by atoms with Crippen LogP contribution in [-0.2, 0) is 9.59 Å². The summed E-state index contributed by atoms with van der Waals surface area (Å²) in [7, 11) is 0. The van der Waals surface area contributed by atoms with Crippen LogP contribution in [0.25, 0.3) is 0 Å². The first-order valence-corrected chi connectivity index (χ1v) is 6.78. The van der Waals surface area contributed by atoms with Crippen LogP contribution < -0.4 is 10.6 Å². The van der Waals surface area contributed by atoms with Crippen molar-refractivity contribution in [3.63, 3.8) is 0 Å². The second-order valence-electron chi connectivity index (χ2n) is 5.70. The van der Waals surface area contributed by atoms with Crippen LogP contribution in [-0.4, -0.2) is 48.9 Å². The molecule has 2 rings (SSSR count). The van der Waals surface area contributed by atoms with Crippen molar-refractivity contribution >= 4 is 11.8 Å². The van der Waals surface area contributed by atoms with Crippen LogP contribution in [0.3, 0.4) is 0 Å². The van der Waals surface area contributed by atoms with Crippen molar-refractivity contribution in [1.82, 2.24) is 15.5 Å². The van der Waals surface area contributed by atoms with Crippen LogP contribution in [0.4, 0.5) is 0 Å². The Kier molecular flexibility index (Phi) is 3.61. The Morgan fingerprint density at radius 3 is 2.72 bits per heavy atom. The monoisotopic (exact) mass is 253 g/mol. The molecule has 18 heavy (non-hydrogen) atoms. The van der Waals surface area contributed by atoms with Crippen LogP contribution in [0.1, 0.15) is 27.2 Å². The molecule has 5 nitrogen and oxygen atoms in total. The molecule has 5 heteroatoms. The average molecular weight is 253 g/mol. The summed E-state index contributed by atoms with van der Waals surface area (Å²) in [6.45, 7) is 8.81. The molecule has 2 aliphatic heterocycles. The van der Waals surface area contributed by atoms with Crippen molar-refractivity contribution in [3.8, 4) is 0 Å². The Morgan fingerprint density at radius 2 is 2.17 bits per heavy atom. The van der Waals surface area contributed by atoms with Gasteiger partial charge in [-0.3, -0.25) is 9.59 Å². The predicted molar refractivity (Wildman–Crippen MR) is 68.9 cm³/mol. The first kappa shape index (κ1) is 13.3. The molecule has 2 unspecified atom stereocenters. The van der Waals surface area contributed by atoms with Gasteiger partial charge in [0, 0.05) is 19.6 Å². The van der Waals surface area contributed by atoms with E-state index in [1.165, 1.54) is 0 Å². The molecule has 0 aliphatic carbocycles. The van der Waals surface area contributed by atoms with Gasteiger partial charge in [0.15, 0.2) is 0 Å². The largest absolute Gasteiger partial charge is 0.353 e. The highest BCUT2D eigenvalue weighted by Gasteiger charge is 2.48. The van der Waals surface area contributed by atoms with Gasteiger partial charge >= 0.3 is 0 Å². The highest BCUT2D eigenvalue weighted by molar-refractivity contribution is 5.91. The zero-order valence-electron chi connectivity index (χ0n) is 11.5. The minimum Gasteiger partial charge on any atom is -0.353 e. The number of amides is 2. The molecule has 0 aromatic rings. The summed E-state index contributed by atoms with van der Waals surface area (Å²) < 4.78 is 0. The number of nitrogens with one attached hydrogen (secondary N) is 2. The number of rotatable bonds is 2. The summed E-state index contributed by atoms with van der Waals surface area (Å²) in [6, 6.07) is -0.345. The number of hydrogen-bond donors (Lipinski definition) is 2. The van der Waals surface area contributed by atoms with Crippen LogP contribution in [0, 0.1) is 11.3 Å². The molecule has 2 N–H and O–H groups in total. The number of hydrogen-bond acceptors (Lipinski definition) is 3. The second kappa shape index (κ2) is 4.88. The average Bonchev–Trinajstić information content (AvgIpc) is 2.82. The second-order valence-corrected chi connectivity index (χ2v) is 5.70. The van der Waals surface area contributed by atoms with Crippen molar-refractivity contribution < 1.29 is 9.59 Å². The third-order valence-electron chi connectivity index (χ3n) is 4.48. The fourth-order valence-electron chi connectivity index (χ4n) is 2.98. The van der Waals surface area contributed by atoms with Gasteiger partial charge in [0.2, 0.25) is 11.8 Å². The Bertz CT molecular complexity index is 348. The molecule has 2 amide bonds. The number of nitrogens with zero attached hydrogens (tertiary/aromatic N) is 1. The molecule has 2 fully saturated rings. The summed E-state index contributed by atoms with van der Waals surface area (Å²) >= 11 is 0. The van der Waals surface area contributed by atoms with Gasteiger partial charge in [-0.2, -0.15) is 0 Å². The SMILES string of the molecule is CC1C(=O)NCCN1C(=O)C1(C(C)C)CCNC1. The lowest BCUT2D eigenvalue weighted by atomic mass is 9.75. The van der Waals surface area contributed by atoms with Gasteiger partial charge in [-0.15, -0.1) is 0 Å². The summed E-state index contributed by atoms with van der Waals surface area (Å²) in [4.78, 5) is 26.3. The van der Waals surface area contributed by atoms with Crippen LogP contribution in [0.5, 0.6) is 0 Å². The summed E-state index contributed by atoms with van der Waals surface area (Å²) in [5, 5.41) is 6.09. The molecule has 102 valence electrons. The van der Waals surface area contributed by atoms with E-state index in [1.807, 2.05) is 6.92 Å². The topological polar surface area (TPSA) is 61.4 Å². The van der Waals surface area contributed by atoms with E-state index in [0.29, 0.717) is 13.1 Å². The third kappa shape index (κ3) is 2.00. The Hall–Kier alpha value is -1.10. The summed E-state index contributed by atoms with van der Waals surface area (Å²) in [5.74, 6) is 0.390. The van der Waals surface area contributed by atoms with Gasteiger partial charge in [-0.1, -0.05) is 13.8 Å². The van der Waals surface area contributed by atoms with E-state index >= 15 is 0 Å². The zero-order chi connectivity index (χ0) is 13.3. The molecule has 2 saturated heterocycles. The lowest BCUT2D eigenvalue weighted by molar-refractivity contribution is -0.151. The van der Waals surface area contributed by atoms with Crippen molar-refractivity contribution in [3.05, 3.63) is 0 Å². The molecule has 0 bridgehead atoms. The maximum atomic E-state index is 12.8. The van der Waals surface area contributed by atoms with Gasteiger partial charge in [-0.25, -0.2) is 0 Å². The number of carbonyl (C=O) groups is 2. The van der Waals surface area contributed by atoms with Crippen LogP contribution >= 0.6 is 0 Å². The molecular weight excluding hydrogens is 230 g/mol. The van der Waals surface area contributed by atoms with E-state index in [2.05, 4.69) is 24.5 Å². The van der Waals surface area contributed by atoms with Crippen molar-refractivity contribution in [2.45, 2.75) is 33.2 Å². The third-order valence-corrected chi connectivity index (χ3v) is 4.48. The fraction of sp³-hybridized carbons (Fsp3) is 0.846. The first-order chi connectivity index (χ1) is 8.49. The number of piperazine rings is 1. The molecular formula is C13H23N3O2. The van der Waals surface area contributed by atoms with E-state index in [9.17, 15) is 9.59 Å². The van der Waals surface area contributed by atoms with Crippen LogP contribution in [0.15, 0.2) is 0 Å². The van der Waals surface area contributed by atoms with E-state index in [1.54, 1.807) is 4.90 Å². The molecule has 2 aliphatic rings. The Labute approximate surface area is 108 Å². The maximum absolute atomic E-state index is 12.8. The van der Waals surface area contributed by atoms with E-state index < -0.39 is 0 Å². The Balaban J connectivity index is 2.21. The normalized spacial score (nSPS) is 32.8. The lowest BCUT2D eigenvalue weighted by Crippen LogP contribution is -2.60. The van der Waals surface area contributed by atoms with Crippen molar-refractivity contribution in [2.75, 3.05) is 26.2 Å². The lowest BCUT2D eigenvalue weighted by Gasteiger charge is -2.41. The van der Waals surface area contributed by atoms with Gasteiger partial charge in [0.25, 0.3) is 0 Å². The highest BCUT2D eigenvalue weighted by Crippen LogP contribution is 2.36.